The van der Waals surface area contributed by atoms with E-state index in [0.29, 0.717) is 6.04 Å². The largest absolute Gasteiger partial charge is 0.359 e. The molecule has 3 rings (SSSR count). The Balaban J connectivity index is 1.79. The molecule has 1 aliphatic heterocycles. The van der Waals surface area contributed by atoms with Crippen LogP contribution in [0.2, 0.25) is 0 Å². The Morgan fingerprint density at radius 3 is 3.00 bits per heavy atom. The van der Waals surface area contributed by atoms with Crippen LogP contribution in [0.5, 0.6) is 0 Å². The third kappa shape index (κ3) is 2.49. The summed E-state index contributed by atoms with van der Waals surface area (Å²) in [6.07, 6.45) is 3.47. The number of nitrogens with zero attached hydrogens (tertiary/aromatic N) is 1. The maximum atomic E-state index is 4.67. The van der Waals surface area contributed by atoms with Crippen LogP contribution in [0.3, 0.4) is 0 Å². The summed E-state index contributed by atoms with van der Waals surface area (Å²) in [4.78, 5) is 4.67. The Morgan fingerprint density at radius 1 is 1.39 bits per heavy atom. The molecular formula is C14H19N3S. The number of benzene rings is 1. The highest BCUT2D eigenvalue weighted by Gasteiger charge is 2.14. The van der Waals surface area contributed by atoms with Gasteiger partial charge in [0.25, 0.3) is 0 Å². The smallest absolute Gasteiger partial charge is 0.184 e. The Kier molecular flexibility index (Phi) is 3.48. The zero-order chi connectivity index (χ0) is 12.4. The number of rotatable bonds is 3. The lowest BCUT2D eigenvalue weighted by molar-refractivity contribution is 0.479. The fourth-order valence-electron chi connectivity index (χ4n) is 2.39. The van der Waals surface area contributed by atoms with Crippen LogP contribution >= 0.6 is 11.3 Å². The van der Waals surface area contributed by atoms with Crippen LogP contribution in [0.25, 0.3) is 10.2 Å². The zero-order valence-corrected chi connectivity index (χ0v) is 11.5. The van der Waals surface area contributed by atoms with Crippen molar-refractivity contribution in [2.45, 2.75) is 32.2 Å². The molecule has 1 aliphatic rings. The monoisotopic (exact) mass is 261 g/mol. The molecule has 4 heteroatoms. The van der Waals surface area contributed by atoms with Gasteiger partial charge in [0.1, 0.15) is 0 Å². The highest BCUT2D eigenvalue weighted by Crippen LogP contribution is 2.28. The summed E-state index contributed by atoms with van der Waals surface area (Å²) in [5.41, 5.74) is 2.51. The normalized spacial score (nSPS) is 17.2. The molecule has 1 fully saturated rings. The molecule has 0 saturated carbocycles. The van der Waals surface area contributed by atoms with Gasteiger partial charge >= 0.3 is 0 Å². The predicted molar refractivity (Wildman–Crippen MR) is 78.5 cm³/mol. The van der Waals surface area contributed by atoms with E-state index in [1.165, 1.54) is 23.1 Å². The maximum absolute atomic E-state index is 4.67. The average molecular weight is 261 g/mol. The van der Waals surface area contributed by atoms with Gasteiger partial charge in [0.2, 0.25) is 0 Å². The van der Waals surface area contributed by atoms with E-state index in [2.05, 4.69) is 40.7 Å². The summed E-state index contributed by atoms with van der Waals surface area (Å²) in [7, 11) is 0. The number of hydrogen-bond acceptors (Lipinski definition) is 4. The number of thiazole rings is 1. The number of anilines is 1. The van der Waals surface area contributed by atoms with Gasteiger partial charge in [-0.15, -0.1) is 0 Å². The lowest BCUT2D eigenvalue weighted by atomic mass is 10.1. The molecule has 18 heavy (non-hydrogen) atoms. The molecular weight excluding hydrogens is 242 g/mol. The number of aromatic nitrogens is 1. The van der Waals surface area contributed by atoms with Gasteiger partial charge < -0.3 is 10.6 Å². The maximum Gasteiger partial charge on any atom is 0.184 e. The van der Waals surface area contributed by atoms with Crippen LogP contribution in [0.4, 0.5) is 5.13 Å². The summed E-state index contributed by atoms with van der Waals surface area (Å²) in [6.45, 7) is 4.42. The SMILES string of the molecule is CCc1ccc2nc(NC3CCNCC3)sc2c1. The van der Waals surface area contributed by atoms with Crippen LogP contribution in [-0.2, 0) is 6.42 Å². The lowest BCUT2D eigenvalue weighted by Gasteiger charge is -2.23. The van der Waals surface area contributed by atoms with Crippen molar-refractivity contribution >= 4 is 26.7 Å². The second kappa shape index (κ2) is 5.24. The number of piperidine rings is 1. The van der Waals surface area contributed by atoms with Crippen molar-refractivity contribution in [3.8, 4) is 0 Å². The molecule has 0 atom stereocenters. The fraction of sp³-hybridized carbons (Fsp3) is 0.500. The number of hydrogen-bond donors (Lipinski definition) is 2. The molecule has 0 amide bonds. The number of fused-ring (bicyclic) bond motifs is 1. The van der Waals surface area contributed by atoms with Crippen molar-refractivity contribution in [2.24, 2.45) is 0 Å². The third-order valence-corrected chi connectivity index (χ3v) is 4.48. The minimum Gasteiger partial charge on any atom is -0.359 e. The van der Waals surface area contributed by atoms with Gasteiger partial charge in [0.05, 0.1) is 10.2 Å². The second-order valence-corrected chi connectivity index (χ2v) is 5.87. The van der Waals surface area contributed by atoms with E-state index in [4.69, 9.17) is 0 Å². The fourth-order valence-corrected chi connectivity index (χ4v) is 3.40. The van der Waals surface area contributed by atoms with E-state index in [0.717, 1.165) is 30.2 Å². The molecule has 1 aromatic heterocycles. The molecule has 0 unspecified atom stereocenters. The minimum atomic E-state index is 0.581. The van der Waals surface area contributed by atoms with Crippen molar-refractivity contribution in [3.05, 3.63) is 23.8 Å². The molecule has 0 spiro atoms. The topological polar surface area (TPSA) is 37.0 Å². The van der Waals surface area contributed by atoms with Gasteiger partial charge in [-0.2, -0.15) is 0 Å². The highest BCUT2D eigenvalue weighted by molar-refractivity contribution is 7.22. The van der Waals surface area contributed by atoms with E-state index in [9.17, 15) is 0 Å². The highest BCUT2D eigenvalue weighted by atomic mass is 32.1. The van der Waals surface area contributed by atoms with Crippen LogP contribution in [0, 0.1) is 0 Å². The Labute approximate surface area is 112 Å². The van der Waals surface area contributed by atoms with Crippen molar-refractivity contribution in [1.82, 2.24) is 10.3 Å². The first-order chi connectivity index (χ1) is 8.85. The van der Waals surface area contributed by atoms with Crippen molar-refractivity contribution in [2.75, 3.05) is 18.4 Å². The first kappa shape index (κ1) is 11.9. The van der Waals surface area contributed by atoms with Crippen LogP contribution in [0.15, 0.2) is 18.2 Å². The van der Waals surface area contributed by atoms with Crippen molar-refractivity contribution in [3.63, 3.8) is 0 Å². The molecule has 2 heterocycles. The minimum absolute atomic E-state index is 0.581. The van der Waals surface area contributed by atoms with E-state index in [-0.39, 0.29) is 0 Å². The Bertz CT molecular complexity index is 529. The van der Waals surface area contributed by atoms with Gasteiger partial charge in [-0.1, -0.05) is 24.3 Å². The zero-order valence-electron chi connectivity index (χ0n) is 10.7. The van der Waals surface area contributed by atoms with E-state index in [1.54, 1.807) is 11.3 Å². The van der Waals surface area contributed by atoms with E-state index >= 15 is 0 Å². The first-order valence-electron chi connectivity index (χ1n) is 6.72. The molecule has 3 nitrogen and oxygen atoms in total. The van der Waals surface area contributed by atoms with Gasteiger partial charge in [-0.3, -0.25) is 0 Å². The molecule has 2 aromatic rings. The van der Waals surface area contributed by atoms with Crippen LogP contribution < -0.4 is 10.6 Å². The molecule has 0 aliphatic carbocycles. The molecule has 0 bridgehead atoms. The summed E-state index contributed by atoms with van der Waals surface area (Å²) in [6, 6.07) is 7.16. The molecule has 1 saturated heterocycles. The number of nitrogens with one attached hydrogen (secondary N) is 2. The average Bonchev–Trinajstić information content (AvgIpc) is 2.80. The van der Waals surface area contributed by atoms with Gasteiger partial charge in [-0.25, -0.2) is 4.98 Å². The number of aryl methyl sites for hydroxylation is 1. The second-order valence-electron chi connectivity index (χ2n) is 4.84. The van der Waals surface area contributed by atoms with Gasteiger partial charge in [0, 0.05) is 6.04 Å². The lowest BCUT2D eigenvalue weighted by Crippen LogP contribution is -2.35. The predicted octanol–water partition coefficient (Wildman–Crippen LogP) is 3.02. The Morgan fingerprint density at radius 2 is 2.22 bits per heavy atom. The standard InChI is InChI=1S/C14H19N3S/c1-2-10-3-4-12-13(9-10)18-14(17-12)16-11-5-7-15-8-6-11/h3-4,9,11,15H,2,5-8H2,1H3,(H,16,17). The van der Waals surface area contributed by atoms with Gasteiger partial charge in [0.15, 0.2) is 5.13 Å². The Hall–Kier alpha value is -1.13. The molecule has 96 valence electrons. The van der Waals surface area contributed by atoms with E-state index in [1.807, 2.05) is 0 Å². The van der Waals surface area contributed by atoms with Crippen molar-refractivity contribution < 1.29 is 0 Å². The molecule has 0 radical (unpaired) electrons. The van der Waals surface area contributed by atoms with E-state index < -0.39 is 0 Å². The first-order valence-corrected chi connectivity index (χ1v) is 7.53. The summed E-state index contributed by atoms with van der Waals surface area (Å²) in [5, 5.41) is 8.03. The van der Waals surface area contributed by atoms with Gasteiger partial charge in [-0.05, 0) is 50.0 Å². The van der Waals surface area contributed by atoms with Crippen LogP contribution in [-0.4, -0.2) is 24.1 Å². The molecule has 2 N–H and O–H groups in total. The quantitative estimate of drug-likeness (QED) is 0.891. The third-order valence-electron chi connectivity index (χ3n) is 3.53. The summed E-state index contributed by atoms with van der Waals surface area (Å²) < 4.78 is 1.30. The molecule has 1 aromatic carbocycles. The summed E-state index contributed by atoms with van der Waals surface area (Å²) in [5.74, 6) is 0. The van der Waals surface area contributed by atoms with Crippen LogP contribution in [0.1, 0.15) is 25.3 Å². The summed E-state index contributed by atoms with van der Waals surface area (Å²) >= 11 is 1.78. The van der Waals surface area contributed by atoms with Crippen molar-refractivity contribution in [1.29, 1.82) is 0 Å².